The quantitative estimate of drug-likeness (QED) is 0.790. The number of ether oxygens (including phenoxy) is 2. The maximum Gasteiger partial charge on any atom is 0.414 e. The highest BCUT2D eigenvalue weighted by Gasteiger charge is 2.34. The van der Waals surface area contributed by atoms with Gasteiger partial charge in [0.05, 0.1) is 13.2 Å². The Kier molecular flexibility index (Phi) is 6.19. The zero-order valence-corrected chi connectivity index (χ0v) is 18.2. The molecule has 2 amide bonds. The van der Waals surface area contributed by atoms with Gasteiger partial charge in [0.25, 0.3) is 5.91 Å². The monoisotopic (exact) mass is 403 g/mol. The Labute approximate surface area is 173 Å². The fraction of sp³-hybridized carbons (Fsp3) is 0.636. The number of hydrogen-bond donors (Lipinski definition) is 1. The molecule has 0 aliphatic carbocycles. The second-order valence-corrected chi connectivity index (χ2v) is 9.73. The summed E-state index contributed by atoms with van der Waals surface area (Å²) in [6.07, 6.45) is 0.495. The van der Waals surface area contributed by atoms with E-state index in [2.05, 4.69) is 39.9 Å². The molecule has 0 unspecified atom stereocenters. The lowest BCUT2D eigenvalue weighted by Crippen LogP contribution is -2.46. The van der Waals surface area contributed by atoms with Crippen molar-refractivity contribution >= 4 is 23.4 Å². The lowest BCUT2D eigenvalue weighted by molar-refractivity contribution is -0.125. The molecule has 0 spiro atoms. The normalized spacial score (nSPS) is 20.9. The molecule has 2 fully saturated rings. The summed E-state index contributed by atoms with van der Waals surface area (Å²) in [6.45, 7) is 13.3. The third kappa shape index (κ3) is 5.70. The topological polar surface area (TPSA) is 71.1 Å². The SMILES string of the molecule is CC(C)(C)CC(C)(C)NC[C@H]1CN(c2ccc(N3CCOCC3=O)cc2)C(=O)O1. The van der Waals surface area contributed by atoms with Crippen molar-refractivity contribution in [2.75, 3.05) is 42.6 Å². The van der Waals surface area contributed by atoms with Crippen molar-refractivity contribution in [3.8, 4) is 0 Å². The molecule has 1 aromatic rings. The summed E-state index contributed by atoms with van der Waals surface area (Å²) in [6, 6.07) is 7.45. The van der Waals surface area contributed by atoms with E-state index in [1.165, 1.54) is 0 Å². The molecule has 0 radical (unpaired) electrons. The minimum atomic E-state index is -0.333. The number of carbonyl (C=O) groups is 2. The molecule has 1 atom stereocenters. The van der Waals surface area contributed by atoms with Gasteiger partial charge in [0.2, 0.25) is 0 Å². The van der Waals surface area contributed by atoms with Crippen LogP contribution in [-0.2, 0) is 14.3 Å². The minimum Gasteiger partial charge on any atom is -0.443 e. The Bertz CT molecular complexity index is 739. The molecule has 1 N–H and O–H groups in total. The molecule has 29 heavy (non-hydrogen) atoms. The maximum absolute atomic E-state index is 12.4. The molecule has 2 saturated heterocycles. The zero-order chi connectivity index (χ0) is 21.2. The van der Waals surface area contributed by atoms with E-state index in [4.69, 9.17) is 9.47 Å². The lowest BCUT2D eigenvalue weighted by Gasteiger charge is -2.34. The third-order valence-electron chi connectivity index (χ3n) is 5.11. The molecular weight excluding hydrogens is 370 g/mol. The van der Waals surface area contributed by atoms with Crippen LogP contribution in [0, 0.1) is 5.41 Å². The van der Waals surface area contributed by atoms with Gasteiger partial charge < -0.3 is 19.7 Å². The molecule has 0 bridgehead atoms. The zero-order valence-electron chi connectivity index (χ0n) is 18.2. The first kappa shape index (κ1) is 21.6. The van der Waals surface area contributed by atoms with E-state index in [-0.39, 0.29) is 35.7 Å². The number of morpholine rings is 1. The largest absolute Gasteiger partial charge is 0.443 e. The van der Waals surface area contributed by atoms with Crippen LogP contribution in [0.1, 0.15) is 41.0 Å². The highest BCUT2D eigenvalue weighted by molar-refractivity contribution is 5.95. The van der Waals surface area contributed by atoms with Gasteiger partial charge in [0.1, 0.15) is 12.7 Å². The highest BCUT2D eigenvalue weighted by Crippen LogP contribution is 2.28. The average molecular weight is 404 g/mol. The summed E-state index contributed by atoms with van der Waals surface area (Å²) in [5.41, 5.74) is 1.77. The van der Waals surface area contributed by atoms with Crippen LogP contribution >= 0.6 is 0 Å². The van der Waals surface area contributed by atoms with Gasteiger partial charge in [0, 0.05) is 30.0 Å². The Morgan fingerprint density at radius 2 is 1.66 bits per heavy atom. The van der Waals surface area contributed by atoms with E-state index in [1.54, 1.807) is 9.80 Å². The Balaban J connectivity index is 1.58. The Morgan fingerprint density at radius 1 is 1.03 bits per heavy atom. The molecule has 2 heterocycles. The number of carbonyl (C=O) groups excluding carboxylic acids is 2. The predicted molar refractivity (Wildman–Crippen MR) is 113 cm³/mol. The molecule has 0 saturated carbocycles. The van der Waals surface area contributed by atoms with Crippen LogP contribution in [0.2, 0.25) is 0 Å². The number of nitrogens with zero attached hydrogens (tertiary/aromatic N) is 2. The Morgan fingerprint density at radius 3 is 2.24 bits per heavy atom. The molecule has 3 rings (SSSR count). The van der Waals surface area contributed by atoms with Crippen LogP contribution in [0.4, 0.5) is 16.2 Å². The first-order valence-corrected chi connectivity index (χ1v) is 10.3. The summed E-state index contributed by atoms with van der Waals surface area (Å²) in [7, 11) is 0. The summed E-state index contributed by atoms with van der Waals surface area (Å²) < 4.78 is 10.7. The molecule has 2 aliphatic heterocycles. The van der Waals surface area contributed by atoms with E-state index in [0.717, 1.165) is 17.8 Å². The summed E-state index contributed by atoms with van der Waals surface area (Å²) in [5, 5.41) is 3.55. The van der Waals surface area contributed by atoms with Crippen molar-refractivity contribution in [2.24, 2.45) is 5.41 Å². The van der Waals surface area contributed by atoms with Gasteiger partial charge in [-0.3, -0.25) is 9.69 Å². The van der Waals surface area contributed by atoms with Crippen molar-refractivity contribution in [3.05, 3.63) is 24.3 Å². The number of cyclic esters (lactones) is 1. The van der Waals surface area contributed by atoms with Crippen LogP contribution in [0.5, 0.6) is 0 Å². The molecule has 7 heteroatoms. The van der Waals surface area contributed by atoms with Crippen LogP contribution < -0.4 is 15.1 Å². The van der Waals surface area contributed by atoms with Gasteiger partial charge in [-0.1, -0.05) is 20.8 Å². The average Bonchev–Trinajstić information content (AvgIpc) is 3.00. The van der Waals surface area contributed by atoms with Crippen LogP contribution in [0.25, 0.3) is 0 Å². The molecular formula is C22H33N3O4. The van der Waals surface area contributed by atoms with Crippen molar-refractivity contribution in [3.63, 3.8) is 0 Å². The van der Waals surface area contributed by atoms with Crippen LogP contribution in [0.15, 0.2) is 24.3 Å². The third-order valence-corrected chi connectivity index (χ3v) is 5.11. The van der Waals surface area contributed by atoms with Crippen LogP contribution in [-0.4, -0.2) is 56.5 Å². The van der Waals surface area contributed by atoms with Crippen molar-refractivity contribution in [1.82, 2.24) is 5.32 Å². The van der Waals surface area contributed by atoms with Gasteiger partial charge in [-0.05, 0) is 49.9 Å². The smallest absolute Gasteiger partial charge is 0.414 e. The summed E-state index contributed by atoms with van der Waals surface area (Å²) in [5.74, 6) is -0.0476. The second-order valence-electron chi connectivity index (χ2n) is 9.73. The number of hydrogen-bond acceptors (Lipinski definition) is 5. The van der Waals surface area contributed by atoms with E-state index >= 15 is 0 Å². The van der Waals surface area contributed by atoms with Crippen molar-refractivity contribution < 1.29 is 19.1 Å². The molecule has 1 aromatic carbocycles. The Hall–Kier alpha value is -2.12. The van der Waals surface area contributed by atoms with Gasteiger partial charge in [-0.15, -0.1) is 0 Å². The predicted octanol–water partition coefficient (Wildman–Crippen LogP) is 3.18. The fourth-order valence-electron chi connectivity index (χ4n) is 4.22. The molecule has 2 aliphatic rings. The first-order chi connectivity index (χ1) is 13.5. The molecule has 7 nitrogen and oxygen atoms in total. The standard InChI is InChI=1S/C22H33N3O4/c1-21(2,3)15-22(4,5)23-12-18-13-25(20(27)29-18)17-8-6-16(7-9-17)24-10-11-28-14-19(24)26/h6-9,18,23H,10-15H2,1-5H3/t18-/m0/s1. The van der Waals surface area contributed by atoms with E-state index < -0.39 is 0 Å². The van der Waals surface area contributed by atoms with Crippen LogP contribution in [0.3, 0.4) is 0 Å². The van der Waals surface area contributed by atoms with Gasteiger partial charge in [-0.25, -0.2) is 4.79 Å². The van der Waals surface area contributed by atoms with E-state index in [1.807, 2.05) is 24.3 Å². The number of rotatable bonds is 6. The summed E-state index contributed by atoms with van der Waals surface area (Å²) in [4.78, 5) is 27.7. The first-order valence-electron chi connectivity index (χ1n) is 10.3. The number of benzene rings is 1. The van der Waals surface area contributed by atoms with Crippen molar-refractivity contribution in [2.45, 2.75) is 52.7 Å². The maximum atomic E-state index is 12.4. The van der Waals surface area contributed by atoms with E-state index in [0.29, 0.717) is 26.2 Å². The van der Waals surface area contributed by atoms with Gasteiger partial charge in [0.15, 0.2) is 0 Å². The summed E-state index contributed by atoms with van der Waals surface area (Å²) >= 11 is 0. The molecule has 160 valence electrons. The van der Waals surface area contributed by atoms with Gasteiger partial charge in [-0.2, -0.15) is 0 Å². The number of nitrogens with one attached hydrogen (secondary N) is 1. The second kappa shape index (κ2) is 8.32. The lowest BCUT2D eigenvalue weighted by atomic mass is 9.82. The molecule has 0 aromatic heterocycles. The van der Waals surface area contributed by atoms with E-state index in [9.17, 15) is 9.59 Å². The van der Waals surface area contributed by atoms with Crippen molar-refractivity contribution in [1.29, 1.82) is 0 Å². The fourth-order valence-corrected chi connectivity index (χ4v) is 4.22. The van der Waals surface area contributed by atoms with Gasteiger partial charge >= 0.3 is 6.09 Å². The number of amides is 2. The minimum absolute atomic E-state index is 0.0373. The number of anilines is 2. The highest BCUT2D eigenvalue weighted by atomic mass is 16.6.